The van der Waals surface area contributed by atoms with Crippen LogP contribution in [0.2, 0.25) is 0 Å². The van der Waals surface area contributed by atoms with Crippen LogP contribution in [-0.2, 0) is 4.74 Å². The molecule has 3 nitrogen and oxygen atoms in total. The molecule has 0 amide bonds. The van der Waals surface area contributed by atoms with E-state index < -0.39 is 0 Å². The van der Waals surface area contributed by atoms with Crippen LogP contribution in [0.4, 0.5) is 0 Å². The molecule has 0 rings (SSSR count). The van der Waals surface area contributed by atoms with E-state index in [9.17, 15) is 0 Å². The van der Waals surface area contributed by atoms with Gasteiger partial charge in [0.1, 0.15) is 0 Å². The Kier molecular flexibility index (Phi) is 8.96. The highest BCUT2D eigenvalue weighted by molar-refractivity contribution is 4.87. The van der Waals surface area contributed by atoms with Crippen molar-refractivity contribution in [2.45, 2.75) is 72.9 Å². The smallest absolute Gasteiger partial charge is 0.0615 e. The van der Waals surface area contributed by atoms with Crippen molar-refractivity contribution in [3.05, 3.63) is 0 Å². The third kappa shape index (κ3) is 7.05. The molecule has 0 fully saturated rings. The summed E-state index contributed by atoms with van der Waals surface area (Å²) in [5.74, 6) is 0. The molecule has 0 aromatic rings. The molecule has 0 bridgehead atoms. The van der Waals surface area contributed by atoms with Gasteiger partial charge in [0.25, 0.3) is 0 Å². The summed E-state index contributed by atoms with van der Waals surface area (Å²) >= 11 is 0. The van der Waals surface area contributed by atoms with Gasteiger partial charge in [-0.25, -0.2) is 0 Å². The second-order valence-electron chi connectivity index (χ2n) is 7.18. The molecule has 0 spiro atoms. The molecule has 0 aliphatic heterocycles. The Bertz CT molecular complexity index is 244. The van der Waals surface area contributed by atoms with E-state index in [0.717, 1.165) is 26.2 Å². The van der Waals surface area contributed by atoms with Gasteiger partial charge in [0, 0.05) is 31.8 Å². The number of hydrogen-bond acceptors (Lipinski definition) is 3. The van der Waals surface area contributed by atoms with Gasteiger partial charge < -0.3 is 10.1 Å². The molecule has 122 valence electrons. The normalized spacial score (nSPS) is 14.8. The minimum Gasteiger partial charge on any atom is -0.383 e. The van der Waals surface area contributed by atoms with E-state index in [0.29, 0.717) is 11.5 Å². The van der Waals surface area contributed by atoms with Gasteiger partial charge in [0.15, 0.2) is 0 Å². The lowest BCUT2D eigenvalue weighted by Crippen LogP contribution is -2.50. The standard InChI is InChI=1S/C17H38N2O/c1-9-17(10-2,13-18-16(5,6)7)14-19(11-3)15(4)12-20-8/h15,18H,9-14H2,1-8H3. The van der Waals surface area contributed by atoms with Crippen LogP contribution in [0.15, 0.2) is 0 Å². The first-order chi connectivity index (χ1) is 9.23. The van der Waals surface area contributed by atoms with Crippen LogP contribution in [0, 0.1) is 5.41 Å². The predicted molar refractivity (Wildman–Crippen MR) is 89.4 cm³/mol. The number of methoxy groups -OCH3 is 1. The Morgan fingerprint density at radius 1 is 1.10 bits per heavy atom. The summed E-state index contributed by atoms with van der Waals surface area (Å²) < 4.78 is 5.33. The molecular formula is C17H38N2O. The number of nitrogens with one attached hydrogen (secondary N) is 1. The summed E-state index contributed by atoms with van der Waals surface area (Å²) in [6.07, 6.45) is 2.42. The average molecular weight is 287 g/mol. The summed E-state index contributed by atoms with van der Waals surface area (Å²) in [5, 5.41) is 3.71. The van der Waals surface area contributed by atoms with Crippen LogP contribution in [0.25, 0.3) is 0 Å². The molecule has 1 unspecified atom stereocenters. The van der Waals surface area contributed by atoms with Crippen LogP contribution in [0.3, 0.4) is 0 Å². The Hall–Kier alpha value is -0.120. The maximum absolute atomic E-state index is 5.33. The fourth-order valence-electron chi connectivity index (χ4n) is 2.59. The van der Waals surface area contributed by atoms with Gasteiger partial charge in [-0.3, -0.25) is 4.90 Å². The van der Waals surface area contributed by atoms with Crippen LogP contribution >= 0.6 is 0 Å². The van der Waals surface area contributed by atoms with E-state index in [-0.39, 0.29) is 5.54 Å². The summed E-state index contributed by atoms with van der Waals surface area (Å²) in [7, 11) is 1.79. The zero-order valence-electron chi connectivity index (χ0n) is 15.2. The largest absolute Gasteiger partial charge is 0.383 e. The van der Waals surface area contributed by atoms with Gasteiger partial charge in [0.05, 0.1) is 6.61 Å². The average Bonchev–Trinajstić information content (AvgIpc) is 2.39. The van der Waals surface area contributed by atoms with Crippen LogP contribution in [0.1, 0.15) is 61.3 Å². The van der Waals surface area contributed by atoms with Gasteiger partial charge in [0.2, 0.25) is 0 Å². The molecule has 0 aromatic carbocycles. The first-order valence-electron chi connectivity index (χ1n) is 8.21. The highest BCUT2D eigenvalue weighted by Gasteiger charge is 2.31. The Morgan fingerprint density at radius 2 is 1.65 bits per heavy atom. The third-order valence-corrected chi connectivity index (χ3v) is 4.47. The van der Waals surface area contributed by atoms with Crippen molar-refractivity contribution in [1.82, 2.24) is 10.2 Å². The molecule has 0 aromatic heterocycles. The van der Waals surface area contributed by atoms with E-state index in [1.54, 1.807) is 7.11 Å². The molecule has 3 heteroatoms. The lowest BCUT2D eigenvalue weighted by atomic mass is 9.80. The molecule has 0 heterocycles. The zero-order valence-corrected chi connectivity index (χ0v) is 15.2. The fraction of sp³-hybridized carbons (Fsp3) is 1.00. The second kappa shape index (κ2) is 9.01. The Labute approximate surface area is 127 Å². The number of nitrogens with zero attached hydrogens (tertiary/aromatic N) is 1. The lowest BCUT2D eigenvalue weighted by Gasteiger charge is -2.41. The van der Waals surface area contributed by atoms with Crippen LogP contribution in [-0.4, -0.2) is 49.8 Å². The molecule has 1 atom stereocenters. The van der Waals surface area contributed by atoms with Gasteiger partial charge in [-0.05, 0) is 52.5 Å². The molecule has 0 saturated heterocycles. The first kappa shape index (κ1) is 19.9. The van der Waals surface area contributed by atoms with Crippen LogP contribution in [0.5, 0.6) is 0 Å². The Morgan fingerprint density at radius 3 is 2.00 bits per heavy atom. The molecule has 20 heavy (non-hydrogen) atoms. The summed E-state index contributed by atoms with van der Waals surface area (Å²) in [6, 6.07) is 0.483. The zero-order chi connectivity index (χ0) is 15.8. The molecule has 0 saturated carbocycles. The molecule has 0 aliphatic carbocycles. The topological polar surface area (TPSA) is 24.5 Å². The highest BCUT2D eigenvalue weighted by atomic mass is 16.5. The van der Waals surface area contributed by atoms with Gasteiger partial charge in [-0.1, -0.05) is 20.8 Å². The van der Waals surface area contributed by atoms with E-state index in [2.05, 4.69) is 58.7 Å². The summed E-state index contributed by atoms with van der Waals surface area (Å²) in [5.41, 5.74) is 0.538. The maximum atomic E-state index is 5.33. The van der Waals surface area contributed by atoms with Crippen LogP contribution < -0.4 is 5.32 Å². The maximum Gasteiger partial charge on any atom is 0.0615 e. The first-order valence-corrected chi connectivity index (χ1v) is 8.21. The van der Waals surface area contributed by atoms with Crippen molar-refractivity contribution in [3.63, 3.8) is 0 Å². The quantitative estimate of drug-likeness (QED) is 0.665. The molecular weight excluding hydrogens is 248 g/mol. The SMILES string of the molecule is CCN(CC(CC)(CC)CNC(C)(C)C)C(C)COC. The van der Waals surface area contributed by atoms with E-state index in [1.807, 2.05) is 0 Å². The second-order valence-corrected chi connectivity index (χ2v) is 7.18. The van der Waals surface area contributed by atoms with E-state index in [4.69, 9.17) is 4.74 Å². The Balaban J connectivity index is 4.78. The predicted octanol–water partition coefficient (Wildman–Crippen LogP) is 3.54. The van der Waals surface area contributed by atoms with Crippen molar-refractivity contribution in [2.24, 2.45) is 5.41 Å². The number of hydrogen-bond donors (Lipinski definition) is 1. The number of rotatable bonds is 10. The van der Waals surface area contributed by atoms with Gasteiger partial charge in [-0.2, -0.15) is 0 Å². The van der Waals surface area contributed by atoms with E-state index >= 15 is 0 Å². The van der Waals surface area contributed by atoms with Gasteiger partial charge >= 0.3 is 0 Å². The van der Waals surface area contributed by atoms with Crippen molar-refractivity contribution in [2.75, 3.05) is 33.4 Å². The minimum absolute atomic E-state index is 0.185. The summed E-state index contributed by atoms with van der Waals surface area (Å²) in [6.45, 7) is 20.0. The minimum atomic E-state index is 0.185. The fourth-order valence-corrected chi connectivity index (χ4v) is 2.59. The highest BCUT2D eigenvalue weighted by Crippen LogP contribution is 2.28. The number of ether oxygens (including phenoxy) is 1. The van der Waals surface area contributed by atoms with Crippen molar-refractivity contribution in [1.29, 1.82) is 0 Å². The van der Waals surface area contributed by atoms with Crippen molar-refractivity contribution < 1.29 is 4.74 Å². The van der Waals surface area contributed by atoms with Crippen molar-refractivity contribution in [3.8, 4) is 0 Å². The van der Waals surface area contributed by atoms with Crippen molar-refractivity contribution >= 4 is 0 Å². The summed E-state index contributed by atoms with van der Waals surface area (Å²) in [4.78, 5) is 2.56. The third-order valence-electron chi connectivity index (χ3n) is 4.47. The van der Waals surface area contributed by atoms with E-state index in [1.165, 1.54) is 12.8 Å². The van der Waals surface area contributed by atoms with Gasteiger partial charge in [-0.15, -0.1) is 0 Å². The molecule has 0 radical (unpaired) electrons. The number of likely N-dealkylation sites (N-methyl/N-ethyl adjacent to an activating group) is 1. The molecule has 0 aliphatic rings. The lowest BCUT2D eigenvalue weighted by molar-refractivity contribution is 0.0587. The molecule has 1 N–H and O–H groups in total. The monoisotopic (exact) mass is 286 g/mol.